The number of nitrogens with zero attached hydrogens (tertiary/aromatic N) is 1. The molecule has 1 aliphatic heterocycles. The first kappa shape index (κ1) is 16.1. The zero-order valence-corrected chi connectivity index (χ0v) is 11.6. The third-order valence-corrected chi connectivity index (χ3v) is 3.73. The van der Waals surface area contributed by atoms with Crippen molar-refractivity contribution in [3.8, 4) is 0 Å². The van der Waals surface area contributed by atoms with Crippen LogP contribution in [0.25, 0.3) is 0 Å². The van der Waals surface area contributed by atoms with Crippen molar-refractivity contribution in [1.29, 1.82) is 0 Å². The van der Waals surface area contributed by atoms with Crippen LogP contribution < -0.4 is 10.6 Å². The molecule has 3 atom stereocenters. The van der Waals surface area contributed by atoms with E-state index < -0.39 is 12.7 Å². The van der Waals surface area contributed by atoms with Crippen molar-refractivity contribution in [2.24, 2.45) is 5.92 Å². The summed E-state index contributed by atoms with van der Waals surface area (Å²) in [5.74, 6) is 0.0593. The van der Waals surface area contributed by atoms with Gasteiger partial charge in [0.05, 0.1) is 6.54 Å². The standard InChI is InChI=1S/C13H20F3N3O2/c14-13(15,16)8-19-4-3-11(6-19)18-12(21)17-10-2-1-9(5-10)7-20/h1-2,9-11,20H,3-8H2,(H2,17,18,21)/t9-,10+,11?/m0/s1. The average Bonchev–Trinajstić information content (AvgIpc) is 2.96. The minimum absolute atomic E-state index is 0.0470. The molecule has 3 N–H and O–H groups in total. The lowest BCUT2D eigenvalue weighted by Crippen LogP contribution is -2.46. The molecular weight excluding hydrogens is 287 g/mol. The maximum Gasteiger partial charge on any atom is 0.401 e. The molecule has 21 heavy (non-hydrogen) atoms. The van der Waals surface area contributed by atoms with Crippen molar-refractivity contribution >= 4 is 6.03 Å². The third kappa shape index (κ3) is 5.20. The number of hydrogen-bond donors (Lipinski definition) is 3. The predicted molar refractivity (Wildman–Crippen MR) is 70.7 cm³/mol. The van der Waals surface area contributed by atoms with Crippen molar-refractivity contribution in [3.63, 3.8) is 0 Å². The lowest BCUT2D eigenvalue weighted by atomic mass is 10.1. The van der Waals surface area contributed by atoms with Crippen LogP contribution in [0.15, 0.2) is 12.2 Å². The van der Waals surface area contributed by atoms with E-state index in [0.717, 1.165) is 0 Å². The van der Waals surface area contributed by atoms with Gasteiger partial charge in [-0.25, -0.2) is 4.79 Å². The van der Waals surface area contributed by atoms with Gasteiger partial charge in [0.25, 0.3) is 0 Å². The number of aliphatic hydroxyl groups is 1. The van der Waals surface area contributed by atoms with E-state index >= 15 is 0 Å². The van der Waals surface area contributed by atoms with Crippen LogP contribution in [0.1, 0.15) is 12.8 Å². The van der Waals surface area contributed by atoms with Gasteiger partial charge >= 0.3 is 12.2 Å². The highest BCUT2D eigenvalue weighted by Gasteiger charge is 2.34. The number of carbonyl (C=O) groups is 1. The summed E-state index contributed by atoms with van der Waals surface area (Å²) in [6.07, 6.45) is 0.639. The Morgan fingerprint density at radius 3 is 2.71 bits per heavy atom. The number of likely N-dealkylation sites (tertiary alicyclic amines) is 1. The molecule has 1 heterocycles. The SMILES string of the molecule is O=C(NC1CCN(CC(F)(F)F)C1)N[C@@H]1C=C[C@H](CO)C1. The van der Waals surface area contributed by atoms with E-state index in [1.165, 1.54) is 4.90 Å². The van der Waals surface area contributed by atoms with E-state index in [1.54, 1.807) is 0 Å². The van der Waals surface area contributed by atoms with E-state index in [2.05, 4.69) is 10.6 Å². The average molecular weight is 307 g/mol. The highest BCUT2D eigenvalue weighted by Crippen LogP contribution is 2.20. The molecule has 0 radical (unpaired) electrons. The summed E-state index contributed by atoms with van der Waals surface area (Å²) in [7, 11) is 0. The molecule has 0 spiro atoms. The Kier molecular flexibility index (Phi) is 5.10. The van der Waals surface area contributed by atoms with E-state index in [4.69, 9.17) is 5.11 Å². The molecule has 120 valence electrons. The largest absolute Gasteiger partial charge is 0.401 e. The minimum atomic E-state index is -4.20. The number of urea groups is 1. The zero-order chi connectivity index (χ0) is 15.5. The first-order valence-electron chi connectivity index (χ1n) is 7.01. The van der Waals surface area contributed by atoms with Crippen LogP contribution in [0.2, 0.25) is 0 Å². The Morgan fingerprint density at radius 1 is 1.33 bits per heavy atom. The van der Waals surface area contributed by atoms with Gasteiger partial charge in [-0.15, -0.1) is 0 Å². The molecule has 1 unspecified atom stereocenters. The number of halogens is 3. The van der Waals surface area contributed by atoms with E-state index in [9.17, 15) is 18.0 Å². The van der Waals surface area contributed by atoms with Crippen molar-refractivity contribution in [1.82, 2.24) is 15.5 Å². The summed E-state index contributed by atoms with van der Waals surface area (Å²) in [6, 6.07) is -0.761. The van der Waals surface area contributed by atoms with Crippen molar-refractivity contribution in [2.75, 3.05) is 26.2 Å². The van der Waals surface area contributed by atoms with Crippen molar-refractivity contribution in [3.05, 3.63) is 12.2 Å². The van der Waals surface area contributed by atoms with E-state index in [0.29, 0.717) is 19.4 Å². The van der Waals surface area contributed by atoms with E-state index in [1.807, 2.05) is 12.2 Å². The van der Waals surface area contributed by atoms with Crippen LogP contribution in [0.4, 0.5) is 18.0 Å². The Bertz CT molecular complexity index is 401. The number of hydrogen-bond acceptors (Lipinski definition) is 3. The fraction of sp³-hybridized carbons (Fsp3) is 0.769. The third-order valence-electron chi connectivity index (χ3n) is 3.73. The fourth-order valence-electron chi connectivity index (χ4n) is 2.76. The maximum atomic E-state index is 12.3. The molecule has 0 aromatic heterocycles. The Labute approximate surface area is 121 Å². The second kappa shape index (κ2) is 6.65. The molecule has 2 amide bonds. The summed E-state index contributed by atoms with van der Waals surface area (Å²) in [5, 5.41) is 14.4. The summed E-state index contributed by atoms with van der Waals surface area (Å²) >= 11 is 0. The first-order valence-corrected chi connectivity index (χ1v) is 7.01. The number of aliphatic hydroxyl groups excluding tert-OH is 1. The van der Waals surface area contributed by atoms with Gasteiger partial charge in [0.2, 0.25) is 0 Å². The number of carbonyl (C=O) groups excluding carboxylic acids is 1. The van der Waals surface area contributed by atoms with Crippen LogP contribution in [0.5, 0.6) is 0 Å². The van der Waals surface area contributed by atoms with Crippen molar-refractivity contribution < 1.29 is 23.1 Å². The van der Waals surface area contributed by atoms with Crippen LogP contribution >= 0.6 is 0 Å². The zero-order valence-electron chi connectivity index (χ0n) is 11.6. The second-order valence-corrected chi connectivity index (χ2v) is 5.62. The van der Waals surface area contributed by atoms with Crippen LogP contribution in [-0.2, 0) is 0 Å². The number of amides is 2. The molecule has 5 nitrogen and oxygen atoms in total. The predicted octanol–water partition coefficient (Wildman–Crippen LogP) is 0.859. The van der Waals surface area contributed by atoms with Gasteiger partial charge in [0, 0.05) is 37.7 Å². The second-order valence-electron chi connectivity index (χ2n) is 5.62. The quantitative estimate of drug-likeness (QED) is 0.675. The Morgan fingerprint density at radius 2 is 2.10 bits per heavy atom. The lowest BCUT2D eigenvalue weighted by Gasteiger charge is -2.19. The fourth-order valence-corrected chi connectivity index (χ4v) is 2.76. The molecule has 0 aromatic carbocycles. The number of alkyl halides is 3. The highest BCUT2D eigenvalue weighted by molar-refractivity contribution is 5.75. The number of nitrogens with one attached hydrogen (secondary N) is 2. The van der Waals surface area contributed by atoms with Gasteiger partial charge in [-0.2, -0.15) is 13.2 Å². The smallest absolute Gasteiger partial charge is 0.396 e. The molecule has 0 aromatic rings. The Balaban J connectivity index is 1.69. The summed E-state index contributed by atoms with van der Waals surface area (Å²) in [5.41, 5.74) is 0. The Hall–Kier alpha value is -1.28. The van der Waals surface area contributed by atoms with Crippen molar-refractivity contribution in [2.45, 2.75) is 31.1 Å². The molecule has 8 heteroatoms. The van der Waals surface area contributed by atoms with Gasteiger partial charge in [-0.1, -0.05) is 12.2 Å². The summed E-state index contributed by atoms with van der Waals surface area (Å²) < 4.78 is 36.8. The van der Waals surface area contributed by atoms with Crippen LogP contribution in [0.3, 0.4) is 0 Å². The normalized spacial score (nSPS) is 29.8. The van der Waals surface area contributed by atoms with Gasteiger partial charge < -0.3 is 15.7 Å². The molecule has 0 saturated carbocycles. The molecule has 1 fully saturated rings. The summed E-state index contributed by atoms with van der Waals surface area (Å²) in [6.45, 7) is -0.339. The monoisotopic (exact) mass is 307 g/mol. The van der Waals surface area contributed by atoms with Gasteiger partial charge in [-0.3, -0.25) is 4.90 Å². The molecule has 1 aliphatic carbocycles. The van der Waals surface area contributed by atoms with Gasteiger partial charge in [0.15, 0.2) is 0 Å². The molecular formula is C13H20F3N3O2. The van der Waals surface area contributed by atoms with Gasteiger partial charge in [-0.05, 0) is 12.8 Å². The lowest BCUT2D eigenvalue weighted by molar-refractivity contribution is -0.143. The molecule has 1 saturated heterocycles. The molecule has 2 rings (SSSR count). The van der Waals surface area contributed by atoms with Crippen LogP contribution in [0, 0.1) is 5.92 Å². The highest BCUT2D eigenvalue weighted by atomic mass is 19.4. The molecule has 0 bridgehead atoms. The minimum Gasteiger partial charge on any atom is -0.396 e. The van der Waals surface area contributed by atoms with Crippen LogP contribution in [-0.4, -0.2) is 60.5 Å². The summed E-state index contributed by atoms with van der Waals surface area (Å²) in [4.78, 5) is 13.1. The molecule has 2 aliphatic rings. The van der Waals surface area contributed by atoms with E-state index in [-0.39, 0.29) is 37.2 Å². The van der Waals surface area contributed by atoms with Gasteiger partial charge in [0.1, 0.15) is 0 Å². The first-order chi connectivity index (χ1) is 9.85. The topological polar surface area (TPSA) is 64.6 Å². The number of rotatable bonds is 4. The maximum absolute atomic E-state index is 12.3.